The second kappa shape index (κ2) is 8.19. The van der Waals surface area contributed by atoms with Crippen LogP contribution in [0.2, 0.25) is 0 Å². The minimum absolute atomic E-state index is 0.0550. The first-order valence-electron chi connectivity index (χ1n) is 9.56. The number of carbonyl (C=O) groups excluding carboxylic acids is 1. The van der Waals surface area contributed by atoms with E-state index in [2.05, 4.69) is 39.1 Å². The van der Waals surface area contributed by atoms with Gasteiger partial charge in [-0.15, -0.1) is 11.3 Å². The van der Waals surface area contributed by atoms with Crippen LogP contribution in [0.3, 0.4) is 0 Å². The van der Waals surface area contributed by atoms with Gasteiger partial charge in [0.1, 0.15) is 5.76 Å². The predicted octanol–water partition coefficient (Wildman–Crippen LogP) is 4.33. The van der Waals surface area contributed by atoms with Crippen molar-refractivity contribution in [1.82, 2.24) is 15.4 Å². The summed E-state index contributed by atoms with van der Waals surface area (Å²) in [5, 5.41) is 13.5. The highest BCUT2D eigenvalue weighted by Crippen LogP contribution is 2.30. The summed E-state index contributed by atoms with van der Waals surface area (Å²) in [7, 11) is 0. The molecule has 0 radical (unpaired) electrons. The van der Waals surface area contributed by atoms with Crippen LogP contribution in [0.1, 0.15) is 50.3 Å². The molecule has 0 aliphatic carbocycles. The number of nitrogens with one attached hydrogen (secondary N) is 1. The van der Waals surface area contributed by atoms with Crippen LogP contribution in [-0.2, 0) is 25.9 Å². The lowest BCUT2D eigenvalue weighted by molar-refractivity contribution is 0.0939. The molecule has 1 aliphatic heterocycles. The van der Waals surface area contributed by atoms with Crippen molar-refractivity contribution in [3.8, 4) is 0 Å². The number of nitrogens with zero attached hydrogens (tertiary/aromatic N) is 2. The predicted molar refractivity (Wildman–Crippen MR) is 113 cm³/mol. The van der Waals surface area contributed by atoms with E-state index < -0.39 is 0 Å². The summed E-state index contributed by atoms with van der Waals surface area (Å²) in [5.74, 6) is 0.952. The number of hydrogen-bond acceptors (Lipinski definition) is 6. The van der Waals surface area contributed by atoms with E-state index in [4.69, 9.17) is 4.52 Å². The Morgan fingerprint density at radius 1 is 1.39 bits per heavy atom. The van der Waals surface area contributed by atoms with Crippen LogP contribution in [-0.4, -0.2) is 28.6 Å². The molecule has 4 heterocycles. The second-order valence-corrected chi connectivity index (χ2v) is 9.27. The maximum absolute atomic E-state index is 12.8. The summed E-state index contributed by atoms with van der Waals surface area (Å²) >= 11 is 3.39. The number of rotatable bonds is 6. The number of amides is 1. The lowest BCUT2D eigenvalue weighted by Gasteiger charge is -2.27. The number of fused-ring (bicyclic) bond motifs is 1. The fraction of sp³-hybridized carbons (Fsp3) is 0.429. The van der Waals surface area contributed by atoms with E-state index >= 15 is 0 Å². The zero-order chi connectivity index (χ0) is 19.7. The van der Waals surface area contributed by atoms with Gasteiger partial charge in [-0.2, -0.15) is 11.3 Å². The van der Waals surface area contributed by atoms with E-state index in [1.807, 2.05) is 19.2 Å². The highest BCUT2D eigenvalue weighted by atomic mass is 32.1. The molecule has 3 aromatic rings. The van der Waals surface area contributed by atoms with E-state index in [-0.39, 0.29) is 11.9 Å². The summed E-state index contributed by atoms with van der Waals surface area (Å²) < 4.78 is 5.29. The van der Waals surface area contributed by atoms with Crippen LogP contribution >= 0.6 is 22.7 Å². The molecule has 3 aromatic heterocycles. The monoisotopic (exact) mass is 415 g/mol. The molecule has 5 nitrogen and oxygen atoms in total. The third kappa shape index (κ3) is 4.06. The van der Waals surface area contributed by atoms with Crippen LogP contribution in [0.5, 0.6) is 0 Å². The molecule has 0 unspecified atom stereocenters. The molecule has 1 N–H and O–H groups in total. The summed E-state index contributed by atoms with van der Waals surface area (Å²) in [6, 6.07) is 2.24. The van der Waals surface area contributed by atoms with Crippen LogP contribution < -0.4 is 5.32 Å². The molecule has 0 saturated heterocycles. The summed E-state index contributed by atoms with van der Waals surface area (Å²) in [6.45, 7) is 8.69. The second-order valence-electron chi connectivity index (χ2n) is 7.52. The lowest BCUT2D eigenvalue weighted by Crippen LogP contribution is -2.35. The van der Waals surface area contributed by atoms with Crippen molar-refractivity contribution in [3.05, 3.63) is 60.8 Å². The Balaban J connectivity index is 1.40. The van der Waals surface area contributed by atoms with Crippen LogP contribution in [0.15, 0.2) is 26.7 Å². The zero-order valence-corrected chi connectivity index (χ0v) is 18.1. The van der Waals surface area contributed by atoms with Crippen molar-refractivity contribution in [1.29, 1.82) is 0 Å². The smallest absolute Gasteiger partial charge is 0.252 e. The first kappa shape index (κ1) is 19.4. The molecule has 0 saturated carbocycles. The topological polar surface area (TPSA) is 58.4 Å². The van der Waals surface area contributed by atoms with Gasteiger partial charge in [0.25, 0.3) is 5.91 Å². The highest BCUT2D eigenvalue weighted by molar-refractivity contribution is 7.10. The molecule has 28 heavy (non-hydrogen) atoms. The van der Waals surface area contributed by atoms with Gasteiger partial charge in [0.05, 0.1) is 11.3 Å². The Bertz CT molecular complexity index is 939. The molecular weight excluding hydrogens is 390 g/mol. The number of aromatic nitrogens is 1. The molecule has 0 bridgehead atoms. The average Bonchev–Trinajstić information content (AvgIpc) is 3.38. The maximum Gasteiger partial charge on any atom is 0.252 e. The molecule has 1 aliphatic rings. The number of hydrogen-bond donors (Lipinski definition) is 1. The minimum atomic E-state index is 0.0550. The van der Waals surface area contributed by atoms with Gasteiger partial charge in [-0.25, -0.2) is 0 Å². The van der Waals surface area contributed by atoms with Gasteiger partial charge in [-0.1, -0.05) is 5.16 Å². The first-order valence-corrected chi connectivity index (χ1v) is 11.4. The molecule has 0 fully saturated rings. The first-order chi connectivity index (χ1) is 13.5. The summed E-state index contributed by atoms with van der Waals surface area (Å²) in [4.78, 5) is 16.5. The van der Waals surface area contributed by atoms with E-state index in [9.17, 15) is 4.79 Å². The van der Waals surface area contributed by atoms with Crippen molar-refractivity contribution in [3.63, 3.8) is 0 Å². The molecular formula is C21H25N3O2S2. The third-order valence-electron chi connectivity index (χ3n) is 5.33. The Kier molecular flexibility index (Phi) is 5.66. The molecule has 0 spiro atoms. The van der Waals surface area contributed by atoms with Gasteiger partial charge < -0.3 is 9.84 Å². The molecule has 1 atom stereocenters. The standard InChI is InChI=1S/C21H25N3O2S2/c1-13(8-16-5-7-27-11-16)22-21(25)19-12-28-20-10-24(6-4-17(19)20)9-18-14(2)23-26-15(18)3/h5,7,11-13H,4,6,8-10H2,1-3H3,(H,22,25)/t13-/m0/s1. The van der Waals surface area contributed by atoms with Crippen LogP contribution in [0.25, 0.3) is 0 Å². The van der Waals surface area contributed by atoms with E-state index in [1.165, 1.54) is 21.6 Å². The number of thiophene rings is 2. The van der Waals surface area contributed by atoms with Crippen molar-refractivity contribution >= 4 is 28.6 Å². The zero-order valence-electron chi connectivity index (χ0n) is 16.4. The molecule has 148 valence electrons. The lowest BCUT2D eigenvalue weighted by atomic mass is 10.0. The molecule has 1 amide bonds. The van der Waals surface area contributed by atoms with Gasteiger partial charge in [0.15, 0.2) is 0 Å². The summed E-state index contributed by atoms with van der Waals surface area (Å²) in [5.41, 5.74) is 5.50. The van der Waals surface area contributed by atoms with E-state index in [0.717, 1.165) is 49.5 Å². The van der Waals surface area contributed by atoms with Gasteiger partial charge in [-0.3, -0.25) is 9.69 Å². The summed E-state index contributed by atoms with van der Waals surface area (Å²) in [6.07, 6.45) is 1.77. The van der Waals surface area contributed by atoms with Crippen LogP contribution in [0.4, 0.5) is 0 Å². The van der Waals surface area contributed by atoms with Crippen molar-refractivity contribution < 1.29 is 9.32 Å². The number of aryl methyl sites for hydroxylation is 2. The molecule has 4 rings (SSSR count). The Morgan fingerprint density at radius 3 is 2.96 bits per heavy atom. The third-order valence-corrected chi connectivity index (χ3v) is 7.08. The van der Waals surface area contributed by atoms with E-state index in [0.29, 0.717) is 0 Å². The van der Waals surface area contributed by atoms with Gasteiger partial charge in [-0.05, 0) is 61.6 Å². The normalized spacial score (nSPS) is 15.4. The maximum atomic E-state index is 12.8. The van der Waals surface area contributed by atoms with Crippen molar-refractivity contribution in [2.45, 2.75) is 52.7 Å². The van der Waals surface area contributed by atoms with E-state index in [1.54, 1.807) is 22.7 Å². The van der Waals surface area contributed by atoms with Crippen molar-refractivity contribution in [2.75, 3.05) is 6.54 Å². The fourth-order valence-electron chi connectivity index (χ4n) is 3.77. The Labute approximate surface area is 173 Å². The van der Waals surface area contributed by atoms with Gasteiger partial charge in [0, 0.05) is 41.5 Å². The molecule has 0 aromatic carbocycles. The Hall–Kier alpha value is -1.96. The average molecular weight is 416 g/mol. The SMILES string of the molecule is Cc1noc(C)c1CN1CCc2c(C(=O)N[C@@H](C)Cc3ccsc3)csc2C1. The fourth-order valence-corrected chi connectivity index (χ4v) is 5.58. The largest absolute Gasteiger partial charge is 0.361 e. The quantitative estimate of drug-likeness (QED) is 0.651. The molecule has 7 heteroatoms. The van der Waals surface area contributed by atoms with Gasteiger partial charge >= 0.3 is 0 Å². The highest BCUT2D eigenvalue weighted by Gasteiger charge is 2.25. The number of carbonyl (C=O) groups is 1. The van der Waals surface area contributed by atoms with Crippen molar-refractivity contribution in [2.24, 2.45) is 0 Å². The minimum Gasteiger partial charge on any atom is -0.361 e. The van der Waals surface area contributed by atoms with Gasteiger partial charge in [0.2, 0.25) is 0 Å². The Morgan fingerprint density at radius 2 is 2.25 bits per heavy atom. The van der Waals surface area contributed by atoms with Crippen LogP contribution in [0, 0.1) is 13.8 Å².